The Bertz CT molecular complexity index is 1040. The Hall–Kier alpha value is -3.93. The highest BCUT2D eigenvalue weighted by atomic mass is 16.5. The molecule has 3 aromatic carbocycles. The van der Waals surface area contributed by atoms with Crippen LogP contribution < -0.4 is 10.1 Å². The number of amides is 1. The summed E-state index contributed by atoms with van der Waals surface area (Å²) in [4.78, 5) is 37.2. The first kappa shape index (κ1) is 21.8. The highest BCUT2D eigenvalue weighted by Crippen LogP contribution is 2.17. The van der Waals surface area contributed by atoms with Crippen molar-refractivity contribution >= 4 is 23.3 Å². The number of esters is 1. The molecular weight excluding hydrogens is 394 g/mol. The van der Waals surface area contributed by atoms with E-state index >= 15 is 0 Å². The number of carbonyl (C=O) groups excluding carboxylic acids is 3. The van der Waals surface area contributed by atoms with Crippen molar-refractivity contribution in [3.05, 3.63) is 95.6 Å². The fourth-order valence-corrected chi connectivity index (χ4v) is 2.84. The lowest BCUT2D eigenvalue weighted by molar-refractivity contribution is -0.123. The number of hydrogen-bond donors (Lipinski definition) is 1. The average Bonchev–Trinajstić information content (AvgIpc) is 2.80. The summed E-state index contributed by atoms with van der Waals surface area (Å²) in [5.74, 6) is -0.528. The van der Waals surface area contributed by atoms with Gasteiger partial charge in [0.25, 0.3) is 5.91 Å². The highest BCUT2D eigenvalue weighted by Gasteiger charge is 2.19. The summed E-state index contributed by atoms with van der Waals surface area (Å²) in [5, 5.41) is 2.69. The Morgan fingerprint density at radius 2 is 1.39 bits per heavy atom. The third-order valence-corrected chi connectivity index (χ3v) is 4.50. The van der Waals surface area contributed by atoms with Gasteiger partial charge in [0.05, 0.1) is 12.2 Å². The smallest absolute Gasteiger partial charge is 0.338 e. The highest BCUT2D eigenvalue weighted by molar-refractivity contribution is 6.09. The molecule has 1 amide bonds. The van der Waals surface area contributed by atoms with Crippen molar-refractivity contribution in [2.45, 2.75) is 20.0 Å². The van der Waals surface area contributed by atoms with Crippen LogP contribution in [-0.2, 0) is 9.53 Å². The number of nitrogens with one attached hydrogen (secondary N) is 1. The van der Waals surface area contributed by atoms with E-state index in [1.165, 1.54) is 19.1 Å². The van der Waals surface area contributed by atoms with E-state index in [0.29, 0.717) is 29.2 Å². The molecule has 0 saturated heterocycles. The lowest BCUT2D eigenvalue weighted by atomic mass is 10.0. The molecule has 0 aromatic heterocycles. The number of ether oxygens (including phenoxy) is 2. The van der Waals surface area contributed by atoms with Gasteiger partial charge in [-0.25, -0.2) is 4.79 Å². The number of benzene rings is 3. The molecular formula is C25H23NO5. The molecule has 158 valence electrons. The summed E-state index contributed by atoms with van der Waals surface area (Å²) in [6.45, 7) is 3.94. The largest absolute Gasteiger partial charge is 0.494 e. The summed E-state index contributed by atoms with van der Waals surface area (Å²) < 4.78 is 10.6. The van der Waals surface area contributed by atoms with Gasteiger partial charge in [-0.3, -0.25) is 9.59 Å². The first-order valence-electron chi connectivity index (χ1n) is 9.92. The van der Waals surface area contributed by atoms with E-state index in [1.54, 1.807) is 60.7 Å². The van der Waals surface area contributed by atoms with E-state index in [-0.39, 0.29) is 11.3 Å². The van der Waals surface area contributed by atoms with Gasteiger partial charge in [0.2, 0.25) is 0 Å². The number of anilines is 1. The minimum absolute atomic E-state index is 0.136. The van der Waals surface area contributed by atoms with Gasteiger partial charge in [-0.2, -0.15) is 0 Å². The molecule has 3 rings (SSSR count). The first-order chi connectivity index (χ1) is 15.0. The van der Waals surface area contributed by atoms with Crippen molar-refractivity contribution in [1.82, 2.24) is 0 Å². The second-order valence-corrected chi connectivity index (χ2v) is 6.77. The SMILES string of the molecule is CCOc1ccc(NC(=O)[C@H](C)OC(=O)c2ccc(C(=O)c3ccccc3)cc2)cc1. The average molecular weight is 417 g/mol. The summed E-state index contributed by atoms with van der Waals surface area (Å²) in [6.07, 6.45) is -0.996. The topological polar surface area (TPSA) is 81.7 Å². The Morgan fingerprint density at radius 1 is 0.806 bits per heavy atom. The molecule has 0 saturated carbocycles. The minimum Gasteiger partial charge on any atom is -0.494 e. The van der Waals surface area contributed by atoms with Gasteiger partial charge in [-0.15, -0.1) is 0 Å². The molecule has 6 nitrogen and oxygen atoms in total. The Morgan fingerprint density at radius 3 is 2.00 bits per heavy atom. The summed E-state index contributed by atoms with van der Waals surface area (Å²) in [7, 11) is 0. The third kappa shape index (κ3) is 5.79. The van der Waals surface area contributed by atoms with Crippen LogP contribution in [0.4, 0.5) is 5.69 Å². The van der Waals surface area contributed by atoms with Crippen molar-refractivity contribution < 1.29 is 23.9 Å². The van der Waals surface area contributed by atoms with Crippen LogP contribution >= 0.6 is 0 Å². The Kier molecular flexibility index (Phi) is 7.17. The predicted molar refractivity (Wildman–Crippen MR) is 117 cm³/mol. The van der Waals surface area contributed by atoms with Crippen LogP contribution in [0.15, 0.2) is 78.9 Å². The zero-order valence-electron chi connectivity index (χ0n) is 17.3. The van der Waals surface area contributed by atoms with Crippen molar-refractivity contribution in [3.8, 4) is 5.75 Å². The van der Waals surface area contributed by atoms with Gasteiger partial charge in [0, 0.05) is 16.8 Å². The minimum atomic E-state index is -0.996. The monoisotopic (exact) mass is 417 g/mol. The lowest BCUT2D eigenvalue weighted by Gasteiger charge is -2.14. The molecule has 0 aliphatic heterocycles. The molecule has 0 radical (unpaired) electrons. The first-order valence-corrected chi connectivity index (χ1v) is 9.92. The van der Waals surface area contributed by atoms with Crippen molar-refractivity contribution in [2.75, 3.05) is 11.9 Å². The molecule has 1 N–H and O–H groups in total. The van der Waals surface area contributed by atoms with Crippen LogP contribution in [0.5, 0.6) is 5.75 Å². The van der Waals surface area contributed by atoms with Crippen LogP contribution in [0.2, 0.25) is 0 Å². The zero-order chi connectivity index (χ0) is 22.2. The quantitative estimate of drug-likeness (QED) is 0.431. The predicted octanol–water partition coefficient (Wildman–Crippen LogP) is 4.50. The van der Waals surface area contributed by atoms with E-state index in [1.807, 2.05) is 13.0 Å². The molecule has 3 aromatic rings. The van der Waals surface area contributed by atoms with Gasteiger partial charge < -0.3 is 14.8 Å². The Balaban J connectivity index is 1.57. The maximum absolute atomic E-state index is 12.4. The molecule has 31 heavy (non-hydrogen) atoms. The van der Waals surface area contributed by atoms with E-state index in [2.05, 4.69) is 5.32 Å². The van der Waals surface area contributed by atoms with Crippen LogP contribution in [0, 0.1) is 0 Å². The Labute approximate surface area is 180 Å². The molecule has 0 aliphatic rings. The lowest BCUT2D eigenvalue weighted by Crippen LogP contribution is -2.30. The number of rotatable bonds is 8. The fraction of sp³-hybridized carbons (Fsp3) is 0.160. The van der Waals surface area contributed by atoms with E-state index in [9.17, 15) is 14.4 Å². The van der Waals surface area contributed by atoms with Gasteiger partial charge in [0.15, 0.2) is 11.9 Å². The second-order valence-electron chi connectivity index (χ2n) is 6.77. The van der Waals surface area contributed by atoms with Gasteiger partial charge in [-0.05, 0) is 50.2 Å². The number of ketones is 1. The summed E-state index contributed by atoms with van der Waals surface area (Å²) in [5.41, 5.74) is 1.85. The van der Waals surface area contributed by atoms with E-state index < -0.39 is 18.0 Å². The van der Waals surface area contributed by atoms with Gasteiger partial charge >= 0.3 is 5.97 Å². The zero-order valence-corrected chi connectivity index (χ0v) is 17.3. The number of carbonyl (C=O) groups is 3. The third-order valence-electron chi connectivity index (χ3n) is 4.50. The molecule has 1 atom stereocenters. The van der Waals surface area contributed by atoms with Crippen molar-refractivity contribution in [3.63, 3.8) is 0 Å². The molecule has 0 heterocycles. The normalized spacial score (nSPS) is 11.3. The fourth-order valence-electron chi connectivity index (χ4n) is 2.84. The van der Waals surface area contributed by atoms with Crippen molar-refractivity contribution in [1.29, 1.82) is 0 Å². The van der Waals surface area contributed by atoms with Crippen LogP contribution in [-0.4, -0.2) is 30.4 Å². The molecule has 0 fully saturated rings. The molecule has 0 aliphatic carbocycles. The van der Waals surface area contributed by atoms with Gasteiger partial charge in [0.1, 0.15) is 5.75 Å². The van der Waals surface area contributed by atoms with Crippen LogP contribution in [0.1, 0.15) is 40.1 Å². The van der Waals surface area contributed by atoms with Crippen molar-refractivity contribution in [2.24, 2.45) is 0 Å². The van der Waals surface area contributed by atoms with E-state index in [0.717, 1.165) is 0 Å². The van der Waals surface area contributed by atoms with Crippen LogP contribution in [0.3, 0.4) is 0 Å². The molecule has 0 bridgehead atoms. The second kappa shape index (κ2) is 10.2. The van der Waals surface area contributed by atoms with E-state index in [4.69, 9.17) is 9.47 Å². The van der Waals surface area contributed by atoms with Crippen LogP contribution in [0.25, 0.3) is 0 Å². The maximum Gasteiger partial charge on any atom is 0.338 e. The summed E-state index contributed by atoms with van der Waals surface area (Å²) in [6, 6.07) is 21.9. The maximum atomic E-state index is 12.4. The standard InChI is InChI=1S/C25H23NO5/c1-3-30-22-15-13-21(14-16-22)26-24(28)17(2)31-25(29)20-11-9-19(10-12-20)23(27)18-7-5-4-6-8-18/h4-17H,3H2,1-2H3,(H,26,28)/t17-/m0/s1. The molecule has 6 heteroatoms. The van der Waals surface area contributed by atoms with Gasteiger partial charge in [-0.1, -0.05) is 42.5 Å². The summed E-state index contributed by atoms with van der Waals surface area (Å²) >= 11 is 0. The molecule has 0 unspecified atom stereocenters. The number of hydrogen-bond acceptors (Lipinski definition) is 5. The molecule has 0 spiro atoms.